The third-order valence-corrected chi connectivity index (χ3v) is 3.33. The molecule has 0 radical (unpaired) electrons. The molecule has 1 heterocycles. The predicted molar refractivity (Wildman–Crippen MR) is 63.9 cm³/mol. The summed E-state index contributed by atoms with van der Waals surface area (Å²) in [6.07, 6.45) is 0. The average molecular weight is 235 g/mol. The summed E-state index contributed by atoms with van der Waals surface area (Å²) < 4.78 is 0. The first-order valence-corrected chi connectivity index (χ1v) is 5.51. The maximum Gasteiger partial charge on any atom is 0.128 e. The second-order valence-corrected chi connectivity index (χ2v) is 4.27. The summed E-state index contributed by atoms with van der Waals surface area (Å²) in [5, 5.41) is 11.3. The van der Waals surface area contributed by atoms with Gasteiger partial charge in [-0.1, -0.05) is 29.8 Å². The molecule has 0 atom stereocenters. The van der Waals surface area contributed by atoms with Crippen LogP contribution in [0.5, 0.6) is 0 Å². The van der Waals surface area contributed by atoms with Gasteiger partial charge in [-0.25, -0.2) is 0 Å². The van der Waals surface area contributed by atoms with E-state index in [4.69, 9.17) is 22.6 Å². The summed E-state index contributed by atoms with van der Waals surface area (Å²) in [6.45, 7) is 0. The van der Waals surface area contributed by atoms with Gasteiger partial charge in [0.15, 0.2) is 0 Å². The Kier molecular flexibility index (Phi) is 2.63. The molecule has 0 saturated heterocycles. The lowest BCUT2D eigenvalue weighted by Crippen LogP contribution is -1.88. The van der Waals surface area contributed by atoms with Gasteiger partial charge in [0.25, 0.3) is 0 Å². The van der Waals surface area contributed by atoms with Gasteiger partial charge in [0, 0.05) is 21.5 Å². The Balaban J connectivity index is 2.61. The van der Waals surface area contributed by atoms with E-state index in [9.17, 15) is 0 Å². The molecule has 0 aliphatic carbocycles. The highest BCUT2D eigenvalue weighted by Crippen LogP contribution is 2.36. The van der Waals surface area contributed by atoms with Crippen molar-refractivity contribution in [3.05, 3.63) is 39.5 Å². The molecule has 0 aliphatic heterocycles. The second kappa shape index (κ2) is 3.93. The maximum absolute atomic E-state index is 8.80. The van der Waals surface area contributed by atoms with Crippen LogP contribution in [0.1, 0.15) is 4.88 Å². The van der Waals surface area contributed by atoms with E-state index >= 15 is 0 Å². The van der Waals surface area contributed by atoms with Crippen molar-refractivity contribution in [1.82, 2.24) is 0 Å². The number of hydrogen-bond acceptors (Lipinski definition) is 3. The summed E-state index contributed by atoms with van der Waals surface area (Å²) >= 11 is 7.38. The van der Waals surface area contributed by atoms with E-state index in [1.165, 1.54) is 11.3 Å². The fraction of sp³-hybridized carbons (Fsp3) is 0. The molecule has 1 aromatic carbocycles. The number of nitrogens with zero attached hydrogens (tertiary/aromatic N) is 1. The topological polar surface area (TPSA) is 49.8 Å². The standard InChI is InChI=1S/C11H7ClN2S/c12-9-4-2-1-3-7(9)8-6-15-10(5-13)11(8)14/h1-4,6H,14H2. The Morgan fingerprint density at radius 3 is 2.60 bits per heavy atom. The molecule has 0 amide bonds. The average Bonchev–Trinajstić information content (AvgIpc) is 2.60. The third-order valence-electron chi connectivity index (χ3n) is 2.09. The molecule has 0 saturated carbocycles. The van der Waals surface area contributed by atoms with Gasteiger partial charge >= 0.3 is 0 Å². The van der Waals surface area contributed by atoms with Crippen molar-refractivity contribution in [3.8, 4) is 17.2 Å². The summed E-state index contributed by atoms with van der Waals surface area (Å²) in [4.78, 5) is 0.532. The van der Waals surface area contributed by atoms with Crippen LogP contribution >= 0.6 is 22.9 Å². The van der Waals surface area contributed by atoms with Gasteiger partial charge in [-0.2, -0.15) is 5.26 Å². The molecule has 15 heavy (non-hydrogen) atoms. The third kappa shape index (κ3) is 1.70. The SMILES string of the molecule is N#Cc1scc(-c2ccccc2Cl)c1N. The molecule has 0 bridgehead atoms. The second-order valence-electron chi connectivity index (χ2n) is 2.98. The highest BCUT2D eigenvalue weighted by atomic mass is 35.5. The summed E-state index contributed by atoms with van der Waals surface area (Å²) in [5.41, 5.74) is 8.06. The van der Waals surface area contributed by atoms with Crippen LogP contribution in [0.3, 0.4) is 0 Å². The lowest BCUT2D eigenvalue weighted by molar-refractivity contribution is 1.52. The Morgan fingerprint density at radius 2 is 2.00 bits per heavy atom. The minimum Gasteiger partial charge on any atom is -0.396 e. The van der Waals surface area contributed by atoms with Crippen molar-refractivity contribution in [3.63, 3.8) is 0 Å². The lowest BCUT2D eigenvalue weighted by Gasteiger charge is -2.02. The number of nitrogen functional groups attached to an aromatic ring is 1. The molecule has 1 aromatic heterocycles. The van der Waals surface area contributed by atoms with E-state index in [1.807, 2.05) is 23.6 Å². The van der Waals surface area contributed by atoms with Crippen molar-refractivity contribution in [2.75, 3.05) is 5.73 Å². The van der Waals surface area contributed by atoms with Gasteiger partial charge in [0.05, 0.1) is 5.69 Å². The molecular weight excluding hydrogens is 228 g/mol. The Bertz CT molecular complexity index is 540. The van der Waals surface area contributed by atoms with E-state index in [-0.39, 0.29) is 0 Å². The summed E-state index contributed by atoms with van der Waals surface area (Å²) in [7, 11) is 0. The Labute approximate surface area is 96.5 Å². The molecule has 4 heteroatoms. The quantitative estimate of drug-likeness (QED) is 0.821. The molecule has 74 valence electrons. The van der Waals surface area contributed by atoms with E-state index in [0.717, 1.165) is 11.1 Å². The normalized spacial score (nSPS) is 9.87. The minimum atomic E-state index is 0.510. The van der Waals surface area contributed by atoms with Gasteiger partial charge in [-0.3, -0.25) is 0 Å². The number of hydrogen-bond donors (Lipinski definition) is 1. The molecule has 2 rings (SSSR count). The fourth-order valence-corrected chi connectivity index (χ4v) is 2.36. The molecule has 0 spiro atoms. The van der Waals surface area contributed by atoms with Crippen LogP contribution in [0.25, 0.3) is 11.1 Å². The van der Waals surface area contributed by atoms with Crippen LogP contribution < -0.4 is 5.73 Å². The van der Waals surface area contributed by atoms with Gasteiger partial charge in [0.2, 0.25) is 0 Å². The minimum absolute atomic E-state index is 0.510. The molecule has 0 unspecified atom stereocenters. The van der Waals surface area contributed by atoms with Crippen molar-refractivity contribution in [1.29, 1.82) is 5.26 Å². The largest absolute Gasteiger partial charge is 0.396 e. The smallest absolute Gasteiger partial charge is 0.128 e. The first kappa shape index (κ1) is 10.0. The lowest BCUT2D eigenvalue weighted by atomic mass is 10.1. The molecular formula is C11H7ClN2S. The number of nitrogens with two attached hydrogens (primary N) is 1. The number of nitriles is 1. The molecule has 0 aliphatic rings. The van der Waals surface area contributed by atoms with Crippen LogP contribution in [-0.4, -0.2) is 0 Å². The predicted octanol–water partition coefficient (Wildman–Crippen LogP) is 3.52. The van der Waals surface area contributed by atoms with Crippen molar-refractivity contribution < 1.29 is 0 Å². The Hall–Kier alpha value is -1.50. The van der Waals surface area contributed by atoms with Crippen molar-refractivity contribution >= 4 is 28.6 Å². The molecule has 0 fully saturated rings. The van der Waals surface area contributed by atoms with Crippen LogP contribution in [0.4, 0.5) is 5.69 Å². The van der Waals surface area contributed by atoms with Crippen LogP contribution in [0.15, 0.2) is 29.6 Å². The molecule has 2 nitrogen and oxygen atoms in total. The molecule has 2 N–H and O–H groups in total. The van der Waals surface area contributed by atoms with E-state index in [1.54, 1.807) is 6.07 Å². The van der Waals surface area contributed by atoms with Crippen LogP contribution in [-0.2, 0) is 0 Å². The van der Waals surface area contributed by atoms with Gasteiger partial charge in [0.1, 0.15) is 10.9 Å². The van der Waals surface area contributed by atoms with Crippen LogP contribution in [0, 0.1) is 11.3 Å². The van der Waals surface area contributed by atoms with Gasteiger partial charge in [-0.15, -0.1) is 11.3 Å². The number of halogens is 1. The monoisotopic (exact) mass is 234 g/mol. The number of thiophene rings is 1. The van der Waals surface area contributed by atoms with Crippen LogP contribution in [0.2, 0.25) is 5.02 Å². The maximum atomic E-state index is 8.80. The number of benzene rings is 1. The van der Waals surface area contributed by atoms with Gasteiger partial charge < -0.3 is 5.73 Å². The highest BCUT2D eigenvalue weighted by molar-refractivity contribution is 7.11. The fourth-order valence-electron chi connectivity index (χ4n) is 1.34. The Morgan fingerprint density at radius 1 is 1.27 bits per heavy atom. The summed E-state index contributed by atoms with van der Waals surface area (Å²) in [5.74, 6) is 0. The van der Waals surface area contributed by atoms with E-state index in [0.29, 0.717) is 15.6 Å². The van der Waals surface area contributed by atoms with Crippen molar-refractivity contribution in [2.45, 2.75) is 0 Å². The van der Waals surface area contributed by atoms with Crippen molar-refractivity contribution in [2.24, 2.45) is 0 Å². The van der Waals surface area contributed by atoms with E-state index in [2.05, 4.69) is 6.07 Å². The first-order chi connectivity index (χ1) is 7.24. The van der Waals surface area contributed by atoms with Gasteiger partial charge in [-0.05, 0) is 6.07 Å². The highest BCUT2D eigenvalue weighted by Gasteiger charge is 2.11. The first-order valence-electron chi connectivity index (χ1n) is 4.26. The zero-order valence-electron chi connectivity index (χ0n) is 7.70. The molecule has 2 aromatic rings. The van der Waals surface area contributed by atoms with E-state index < -0.39 is 0 Å². The summed E-state index contributed by atoms with van der Waals surface area (Å²) in [6, 6.07) is 9.51. The number of rotatable bonds is 1. The zero-order chi connectivity index (χ0) is 10.8. The number of anilines is 1. The zero-order valence-corrected chi connectivity index (χ0v) is 9.27.